The number of quaternary nitrogens is 1. The lowest BCUT2D eigenvalue weighted by Gasteiger charge is -2.14. The van der Waals surface area contributed by atoms with Crippen molar-refractivity contribution < 1.29 is 23.6 Å². The van der Waals surface area contributed by atoms with E-state index in [-0.39, 0.29) is 5.97 Å². The van der Waals surface area contributed by atoms with Gasteiger partial charge < -0.3 is 18.8 Å². The summed E-state index contributed by atoms with van der Waals surface area (Å²) in [6.45, 7) is 8.99. The molecule has 1 aromatic carbocycles. The minimum atomic E-state index is -0.337. The van der Waals surface area contributed by atoms with Gasteiger partial charge in [0, 0.05) is 5.39 Å². The van der Waals surface area contributed by atoms with Crippen molar-refractivity contribution in [1.29, 1.82) is 0 Å². The Bertz CT molecular complexity index is 643. The lowest BCUT2D eigenvalue weighted by molar-refractivity contribution is -0.911. The smallest absolute Gasteiger partial charge is 0.342 e. The number of furan rings is 1. The van der Waals surface area contributed by atoms with Crippen LogP contribution < -0.4 is 9.64 Å². The second kappa shape index (κ2) is 7.31. The minimum absolute atomic E-state index is 0.337. The zero-order valence-corrected chi connectivity index (χ0v) is 13.7. The second-order valence-corrected chi connectivity index (χ2v) is 5.12. The van der Waals surface area contributed by atoms with Crippen molar-refractivity contribution in [2.45, 2.75) is 27.3 Å². The Balaban J connectivity index is 2.53. The first kappa shape index (κ1) is 16.4. The molecule has 2 aromatic rings. The summed E-state index contributed by atoms with van der Waals surface area (Å²) >= 11 is 0. The average molecular weight is 306 g/mol. The van der Waals surface area contributed by atoms with Gasteiger partial charge in [-0.1, -0.05) is 0 Å². The van der Waals surface area contributed by atoms with Gasteiger partial charge in [-0.05, 0) is 39.0 Å². The molecule has 0 spiro atoms. The summed E-state index contributed by atoms with van der Waals surface area (Å²) in [5.41, 5.74) is 1.21. The van der Waals surface area contributed by atoms with Gasteiger partial charge in [0.25, 0.3) is 0 Å². The Morgan fingerprint density at radius 1 is 1.23 bits per heavy atom. The number of benzene rings is 1. The summed E-state index contributed by atoms with van der Waals surface area (Å²) in [6, 6.07) is 5.49. The van der Waals surface area contributed by atoms with Gasteiger partial charge in [0.1, 0.15) is 23.4 Å². The third-order valence-corrected chi connectivity index (χ3v) is 3.86. The zero-order valence-electron chi connectivity index (χ0n) is 13.7. The van der Waals surface area contributed by atoms with Crippen molar-refractivity contribution in [2.75, 3.05) is 26.8 Å². The first-order valence-corrected chi connectivity index (χ1v) is 7.74. The maximum Gasteiger partial charge on any atom is 0.342 e. The first-order chi connectivity index (χ1) is 10.6. The number of carbonyl (C=O) groups excluding carboxylic acids is 1. The van der Waals surface area contributed by atoms with Crippen LogP contribution in [0, 0.1) is 0 Å². The lowest BCUT2D eigenvalue weighted by atomic mass is 10.1. The molecule has 0 aliphatic rings. The lowest BCUT2D eigenvalue weighted by Crippen LogP contribution is -3.10. The largest absolute Gasteiger partial charge is 0.497 e. The number of carbonyl (C=O) groups is 1. The van der Waals surface area contributed by atoms with E-state index in [0.29, 0.717) is 35.8 Å². The van der Waals surface area contributed by atoms with Crippen molar-refractivity contribution in [2.24, 2.45) is 0 Å². The third kappa shape index (κ3) is 3.25. The average Bonchev–Trinajstić information content (AvgIpc) is 2.89. The maximum absolute atomic E-state index is 12.4. The predicted molar refractivity (Wildman–Crippen MR) is 84.5 cm³/mol. The summed E-state index contributed by atoms with van der Waals surface area (Å²) in [6.07, 6.45) is 0. The Morgan fingerprint density at radius 2 is 1.95 bits per heavy atom. The summed E-state index contributed by atoms with van der Waals surface area (Å²) in [7, 11) is 1.60. The molecule has 2 rings (SSSR count). The summed E-state index contributed by atoms with van der Waals surface area (Å²) in [5.74, 6) is 1.04. The molecular formula is C17H24NO4+. The van der Waals surface area contributed by atoms with Gasteiger partial charge in [0.15, 0.2) is 5.76 Å². The number of ether oxygens (including phenoxy) is 2. The number of fused-ring (bicyclic) bond motifs is 1. The topological polar surface area (TPSA) is 53.1 Å². The van der Waals surface area contributed by atoms with Crippen LogP contribution in [-0.2, 0) is 11.3 Å². The standard InChI is InChI=1S/C17H23NO4/c1-5-18(6-2)11-15-16(17(19)21-7-3)13-10-12(20-4)8-9-14(13)22-15/h8-10H,5-7,11H2,1-4H3/p+1. The van der Waals surface area contributed by atoms with E-state index in [1.54, 1.807) is 14.0 Å². The number of methoxy groups -OCH3 is 1. The van der Waals surface area contributed by atoms with Crippen LogP contribution in [0.3, 0.4) is 0 Å². The Hall–Kier alpha value is -2.01. The van der Waals surface area contributed by atoms with E-state index in [1.807, 2.05) is 18.2 Å². The molecule has 0 unspecified atom stereocenters. The highest BCUT2D eigenvalue weighted by molar-refractivity contribution is 6.04. The van der Waals surface area contributed by atoms with E-state index in [2.05, 4.69) is 13.8 Å². The van der Waals surface area contributed by atoms with Crippen LogP contribution in [-0.4, -0.2) is 32.8 Å². The summed E-state index contributed by atoms with van der Waals surface area (Å²) < 4.78 is 16.4. The van der Waals surface area contributed by atoms with Crippen LogP contribution in [0.5, 0.6) is 5.75 Å². The van der Waals surface area contributed by atoms with Crippen LogP contribution in [0.15, 0.2) is 22.6 Å². The number of hydrogen-bond acceptors (Lipinski definition) is 4. The summed E-state index contributed by atoms with van der Waals surface area (Å²) in [4.78, 5) is 13.7. The number of rotatable bonds is 7. The molecule has 1 heterocycles. The number of esters is 1. The molecule has 0 atom stereocenters. The van der Waals surface area contributed by atoms with Gasteiger partial charge in [-0.15, -0.1) is 0 Å². The van der Waals surface area contributed by atoms with Crippen LogP contribution in [0.1, 0.15) is 36.9 Å². The molecule has 0 aliphatic carbocycles. The third-order valence-electron chi connectivity index (χ3n) is 3.86. The van der Waals surface area contributed by atoms with Crippen LogP contribution in [0.25, 0.3) is 11.0 Å². The molecule has 5 heteroatoms. The van der Waals surface area contributed by atoms with Gasteiger partial charge >= 0.3 is 5.97 Å². The highest BCUT2D eigenvalue weighted by Crippen LogP contribution is 2.29. The Morgan fingerprint density at radius 3 is 2.55 bits per heavy atom. The zero-order chi connectivity index (χ0) is 16.1. The highest BCUT2D eigenvalue weighted by Gasteiger charge is 2.24. The normalized spacial score (nSPS) is 11.1. The van der Waals surface area contributed by atoms with Crippen LogP contribution in [0.4, 0.5) is 0 Å². The van der Waals surface area contributed by atoms with Crippen LogP contribution in [0.2, 0.25) is 0 Å². The highest BCUT2D eigenvalue weighted by atomic mass is 16.5. The van der Waals surface area contributed by atoms with E-state index in [1.165, 1.54) is 4.90 Å². The van der Waals surface area contributed by atoms with E-state index in [9.17, 15) is 4.79 Å². The molecule has 0 aliphatic heterocycles. The summed E-state index contributed by atoms with van der Waals surface area (Å²) in [5, 5.41) is 0.749. The molecule has 120 valence electrons. The van der Waals surface area contributed by atoms with Crippen molar-refractivity contribution in [3.63, 3.8) is 0 Å². The fourth-order valence-electron chi connectivity index (χ4n) is 2.53. The van der Waals surface area contributed by atoms with Crippen LogP contribution >= 0.6 is 0 Å². The molecule has 5 nitrogen and oxygen atoms in total. The fourth-order valence-corrected chi connectivity index (χ4v) is 2.53. The van der Waals surface area contributed by atoms with Gasteiger partial charge in [0.05, 0.1) is 26.8 Å². The predicted octanol–water partition coefficient (Wildman–Crippen LogP) is 2.04. The molecule has 22 heavy (non-hydrogen) atoms. The van der Waals surface area contributed by atoms with Gasteiger partial charge in [0.2, 0.25) is 0 Å². The maximum atomic E-state index is 12.4. The quantitative estimate of drug-likeness (QED) is 0.795. The van der Waals surface area contributed by atoms with E-state index in [0.717, 1.165) is 18.5 Å². The van der Waals surface area contributed by atoms with Gasteiger partial charge in [-0.3, -0.25) is 0 Å². The molecule has 1 N–H and O–H groups in total. The van der Waals surface area contributed by atoms with Crippen molar-refractivity contribution >= 4 is 16.9 Å². The second-order valence-electron chi connectivity index (χ2n) is 5.12. The van der Waals surface area contributed by atoms with E-state index < -0.39 is 0 Å². The number of nitrogens with one attached hydrogen (secondary N) is 1. The fraction of sp³-hybridized carbons (Fsp3) is 0.471. The van der Waals surface area contributed by atoms with Gasteiger partial charge in [-0.25, -0.2) is 4.79 Å². The first-order valence-electron chi connectivity index (χ1n) is 7.74. The van der Waals surface area contributed by atoms with Crippen molar-refractivity contribution in [1.82, 2.24) is 0 Å². The Labute approximate surface area is 130 Å². The SMILES string of the molecule is CCOC(=O)c1c(C[NH+](CC)CC)oc2ccc(OC)cc12. The van der Waals surface area contributed by atoms with E-state index in [4.69, 9.17) is 13.9 Å². The molecule has 0 radical (unpaired) electrons. The van der Waals surface area contributed by atoms with Crippen molar-refractivity contribution in [3.05, 3.63) is 29.5 Å². The van der Waals surface area contributed by atoms with E-state index >= 15 is 0 Å². The van der Waals surface area contributed by atoms with Crippen molar-refractivity contribution in [3.8, 4) is 5.75 Å². The molecule has 0 saturated heterocycles. The molecule has 0 fully saturated rings. The molecule has 0 bridgehead atoms. The molecule has 1 aromatic heterocycles. The minimum Gasteiger partial charge on any atom is -0.497 e. The molecule has 0 saturated carbocycles. The Kier molecular flexibility index (Phi) is 5.44. The molecular weight excluding hydrogens is 282 g/mol. The molecule has 0 amide bonds. The monoisotopic (exact) mass is 306 g/mol. The number of hydrogen-bond donors (Lipinski definition) is 1. The van der Waals surface area contributed by atoms with Gasteiger partial charge in [-0.2, -0.15) is 0 Å².